The van der Waals surface area contributed by atoms with Gasteiger partial charge in [0.25, 0.3) is 0 Å². The number of rotatable bonds is 5. The molecule has 0 aliphatic rings. The lowest BCUT2D eigenvalue weighted by atomic mass is 9.89. The maximum atomic E-state index is 12.3. The Morgan fingerprint density at radius 2 is 2.07 bits per heavy atom. The highest BCUT2D eigenvalue weighted by molar-refractivity contribution is 9.10. The van der Waals surface area contributed by atoms with Crippen LogP contribution in [-0.2, 0) is 4.74 Å². The maximum absolute atomic E-state index is 12.3. The normalized spacial score (nSPS) is 11.7. The van der Waals surface area contributed by atoms with Crippen LogP contribution in [0, 0.1) is 0 Å². The predicted octanol–water partition coefficient (Wildman–Crippen LogP) is 3.90. The third kappa shape index (κ3) is 2.32. The van der Waals surface area contributed by atoms with E-state index < -0.39 is 5.60 Å². The summed E-state index contributed by atoms with van der Waals surface area (Å²) in [6, 6.07) is 0. The van der Waals surface area contributed by atoms with Crippen LogP contribution in [0.25, 0.3) is 0 Å². The van der Waals surface area contributed by atoms with E-state index in [4.69, 9.17) is 4.74 Å². The Bertz CT molecular complexity index is 334. The summed E-state index contributed by atoms with van der Waals surface area (Å²) >= 11 is 4.90. The first kappa shape index (κ1) is 12.9. The molecule has 0 aliphatic carbocycles. The Hall–Kier alpha value is -0.190. The number of thiophene rings is 1. The van der Waals surface area contributed by atoms with E-state index in [1.54, 1.807) is 7.11 Å². The molecule has 0 aromatic carbocycles. The molecule has 4 heteroatoms. The summed E-state index contributed by atoms with van der Waals surface area (Å²) in [5, 5.41) is 3.78. The molecular weight excluding hydrogens is 276 g/mol. The van der Waals surface area contributed by atoms with Crippen molar-refractivity contribution < 1.29 is 9.53 Å². The predicted molar refractivity (Wildman–Crippen MR) is 66.7 cm³/mol. The summed E-state index contributed by atoms with van der Waals surface area (Å²) in [7, 11) is 1.60. The number of methoxy groups -OCH3 is 1. The van der Waals surface area contributed by atoms with Crippen LogP contribution in [0.1, 0.15) is 37.0 Å². The standard InChI is InChI=1S/C11H15BrO2S/c1-4-11(5-2,14-3)10(13)8-6-15-7-9(8)12/h6-7H,4-5H2,1-3H3. The van der Waals surface area contributed by atoms with Gasteiger partial charge in [0.15, 0.2) is 5.78 Å². The van der Waals surface area contributed by atoms with Crippen molar-refractivity contribution in [2.75, 3.05) is 7.11 Å². The van der Waals surface area contributed by atoms with E-state index in [-0.39, 0.29) is 5.78 Å². The molecular formula is C11H15BrO2S. The maximum Gasteiger partial charge on any atom is 0.196 e. The van der Waals surface area contributed by atoms with Crippen LogP contribution in [0.2, 0.25) is 0 Å². The fraction of sp³-hybridized carbons (Fsp3) is 0.545. The van der Waals surface area contributed by atoms with Crippen LogP contribution in [0.4, 0.5) is 0 Å². The molecule has 0 fully saturated rings. The van der Waals surface area contributed by atoms with Crippen molar-refractivity contribution in [3.63, 3.8) is 0 Å². The second-order valence-corrected chi connectivity index (χ2v) is 4.97. The van der Waals surface area contributed by atoms with Crippen LogP contribution in [0.5, 0.6) is 0 Å². The number of hydrogen-bond acceptors (Lipinski definition) is 3. The summed E-state index contributed by atoms with van der Waals surface area (Å²) < 4.78 is 6.27. The number of hydrogen-bond donors (Lipinski definition) is 0. The summed E-state index contributed by atoms with van der Waals surface area (Å²) in [5.41, 5.74) is 0.0643. The lowest BCUT2D eigenvalue weighted by molar-refractivity contribution is -0.00263. The lowest BCUT2D eigenvalue weighted by Gasteiger charge is -2.28. The summed E-state index contributed by atoms with van der Waals surface area (Å²) in [4.78, 5) is 12.3. The third-order valence-electron chi connectivity index (χ3n) is 2.81. The second-order valence-electron chi connectivity index (χ2n) is 3.37. The highest BCUT2D eigenvalue weighted by Gasteiger charge is 2.36. The molecule has 0 amide bonds. The van der Waals surface area contributed by atoms with Gasteiger partial charge < -0.3 is 4.74 Å². The van der Waals surface area contributed by atoms with Crippen LogP contribution >= 0.6 is 27.3 Å². The van der Waals surface area contributed by atoms with Gasteiger partial charge in [-0.25, -0.2) is 0 Å². The van der Waals surface area contributed by atoms with Gasteiger partial charge in [0.2, 0.25) is 0 Å². The van der Waals surface area contributed by atoms with Gasteiger partial charge in [0.1, 0.15) is 5.60 Å². The van der Waals surface area contributed by atoms with Crippen molar-refractivity contribution in [2.45, 2.75) is 32.3 Å². The smallest absolute Gasteiger partial charge is 0.196 e. The highest BCUT2D eigenvalue weighted by Crippen LogP contribution is 2.30. The van der Waals surface area contributed by atoms with Crippen molar-refractivity contribution in [1.29, 1.82) is 0 Å². The molecule has 0 saturated carbocycles. The van der Waals surface area contributed by atoms with E-state index in [2.05, 4.69) is 15.9 Å². The van der Waals surface area contributed by atoms with Gasteiger partial charge in [-0.3, -0.25) is 4.79 Å². The van der Waals surface area contributed by atoms with Crippen molar-refractivity contribution >= 4 is 33.0 Å². The Balaban J connectivity index is 3.06. The molecule has 1 aromatic heterocycles. The quantitative estimate of drug-likeness (QED) is 0.769. The van der Waals surface area contributed by atoms with E-state index in [0.717, 1.165) is 10.0 Å². The van der Waals surface area contributed by atoms with E-state index in [0.29, 0.717) is 12.8 Å². The fourth-order valence-corrected chi connectivity index (χ4v) is 3.10. The van der Waals surface area contributed by atoms with Gasteiger partial charge in [0, 0.05) is 27.9 Å². The molecule has 0 atom stereocenters. The van der Waals surface area contributed by atoms with Gasteiger partial charge in [-0.05, 0) is 28.8 Å². The minimum Gasteiger partial charge on any atom is -0.370 e. The SMILES string of the molecule is CCC(CC)(OC)C(=O)c1cscc1Br. The van der Waals surface area contributed by atoms with Crippen LogP contribution < -0.4 is 0 Å². The number of halogens is 1. The highest BCUT2D eigenvalue weighted by atomic mass is 79.9. The molecule has 1 heterocycles. The van der Waals surface area contributed by atoms with Crippen LogP contribution in [0.3, 0.4) is 0 Å². The molecule has 84 valence electrons. The molecule has 0 bridgehead atoms. The Morgan fingerprint density at radius 1 is 1.47 bits per heavy atom. The van der Waals surface area contributed by atoms with E-state index in [1.165, 1.54) is 11.3 Å². The first-order valence-corrected chi connectivity index (χ1v) is 6.66. The summed E-state index contributed by atoms with van der Waals surface area (Å²) in [6.45, 7) is 3.95. The molecule has 15 heavy (non-hydrogen) atoms. The van der Waals surface area contributed by atoms with Gasteiger partial charge in [-0.2, -0.15) is 11.3 Å². The summed E-state index contributed by atoms with van der Waals surface area (Å²) in [5.74, 6) is 0.0723. The minimum absolute atomic E-state index is 0.0723. The fourth-order valence-electron chi connectivity index (χ4n) is 1.64. The number of carbonyl (C=O) groups excluding carboxylic acids is 1. The molecule has 0 radical (unpaired) electrons. The molecule has 2 nitrogen and oxygen atoms in total. The van der Waals surface area contributed by atoms with Crippen molar-refractivity contribution in [3.05, 3.63) is 20.8 Å². The van der Waals surface area contributed by atoms with Gasteiger partial charge >= 0.3 is 0 Å². The lowest BCUT2D eigenvalue weighted by Crippen LogP contribution is -2.39. The number of ketones is 1. The number of ether oxygens (including phenoxy) is 1. The molecule has 1 rings (SSSR count). The monoisotopic (exact) mass is 290 g/mol. The van der Waals surface area contributed by atoms with Crippen molar-refractivity contribution in [2.24, 2.45) is 0 Å². The van der Waals surface area contributed by atoms with E-state index >= 15 is 0 Å². The average molecular weight is 291 g/mol. The van der Waals surface area contributed by atoms with Gasteiger partial charge in [-0.15, -0.1) is 0 Å². The zero-order chi connectivity index (χ0) is 11.5. The van der Waals surface area contributed by atoms with E-state index in [9.17, 15) is 4.79 Å². The topological polar surface area (TPSA) is 26.3 Å². The molecule has 0 unspecified atom stereocenters. The average Bonchev–Trinajstić information content (AvgIpc) is 2.67. The Labute approximate surface area is 103 Å². The molecule has 0 N–H and O–H groups in total. The molecule has 0 spiro atoms. The van der Waals surface area contributed by atoms with Gasteiger partial charge in [-0.1, -0.05) is 13.8 Å². The van der Waals surface area contributed by atoms with Gasteiger partial charge in [0.05, 0.1) is 0 Å². The molecule has 0 saturated heterocycles. The first-order chi connectivity index (χ1) is 7.11. The van der Waals surface area contributed by atoms with Crippen molar-refractivity contribution in [1.82, 2.24) is 0 Å². The van der Waals surface area contributed by atoms with E-state index in [1.807, 2.05) is 24.6 Å². The first-order valence-electron chi connectivity index (χ1n) is 4.93. The van der Waals surface area contributed by atoms with Crippen molar-refractivity contribution in [3.8, 4) is 0 Å². The molecule has 1 aromatic rings. The Kier molecular flexibility index (Phi) is 4.49. The number of Topliss-reactive ketones (excluding diaryl/α,β-unsaturated/α-hetero) is 1. The zero-order valence-electron chi connectivity index (χ0n) is 9.17. The van der Waals surface area contributed by atoms with Crippen LogP contribution in [0.15, 0.2) is 15.2 Å². The minimum atomic E-state index is -0.663. The largest absolute Gasteiger partial charge is 0.370 e. The third-order valence-corrected chi connectivity index (χ3v) is 4.51. The number of carbonyl (C=O) groups is 1. The molecule has 0 aliphatic heterocycles. The summed E-state index contributed by atoms with van der Waals surface area (Å²) in [6.07, 6.45) is 1.39. The Morgan fingerprint density at radius 3 is 2.40 bits per heavy atom. The second kappa shape index (κ2) is 5.23. The van der Waals surface area contributed by atoms with Crippen LogP contribution in [-0.4, -0.2) is 18.5 Å². The zero-order valence-corrected chi connectivity index (χ0v) is 11.6.